The third kappa shape index (κ3) is 6.13. The van der Waals surface area contributed by atoms with Gasteiger partial charge in [-0.25, -0.2) is 4.98 Å². The molecule has 196 valence electrons. The Bertz CT molecular complexity index is 1350. The van der Waals surface area contributed by atoms with E-state index in [1.807, 2.05) is 30.8 Å². The molecule has 1 aliphatic rings. The molecule has 0 unspecified atom stereocenters. The summed E-state index contributed by atoms with van der Waals surface area (Å²) < 4.78 is 7.52. The fourth-order valence-electron chi connectivity index (χ4n) is 4.59. The Morgan fingerprint density at radius 2 is 1.95 bits per heavy atom. The van der Waals surface area contributed by atoms with Crippen LogP contribution in [0.4, 0.5) is 5.95 Å². The van der Waals surface area contributed by atoms with Gasteiger partial charge in [0.25, 0.3) is 0 Å². The molecule has 0 aliphatic carbocycles. The van der Waals surface area contributed by atoms with Gasteiger partial charge in [0.15, 0.2) is 0 Å². The molecular weight excluding hydrogens is 492 g/mol. The first-order chi connectivity index (χ1) is 17.8. The van der Waals surface area contributed by atoms with Crippen LogP contribution < -0.4 is 15.8 Å². The minimum Gasteiger partial charge on any atom is -0.496 e. The fourth-order valence-corrected chi connectivity index (χ4v) is 4.86. The lowest BCUT2D eigenvalue weighted by Crippen LogP contribution is -2.49. The van der Waals surface area contributed by atoms with Gasteiger partial charge in [-0.2, -0.15) is 4.98 Å². The number of nitrogens with two attached hydrogens (primary N) is 1. The highest BCUT2D eigenvalue weighted by Gasteiger charge is 2.19. The molecule has 1 amide bonds. The number of carbonyl (C=O) groups excluding carboxylic acids is 1. The molecule has 0 radical (unpaired) electrons. The normalized spacial score (nSPS) is 14.4. The molecule has 0 atom stereocenters. The average molecular weight is 525 g/mol. The Kier molecular flexibility index (Phi) is 8.48. The van der Waals surface area contributed by atoms with Gasteiger partial charge in [-0.05, 0) is 13.8 Å². The Morgan fingerprint density at radius 3 is 2.65 bits per heavy atom. The minimum atomic E-state index is 0.0512. The van der Waals surface area contributed by atoms with Crippen molar-refractivity contribution >= 4 is 34.5 Å². The second-order valence-electron chi connectivity index (χ2n) is 9.13. The molecule has 3 N–H and O–H groups in total. The standard InChI is InChI=1S/C26H33ClN8O2/c1-17-13-30-20(18(2)23(17)37-4)15-35-14-19(22-24(27)31-26(28)32-25(22)35)7-5-6-8-33-9-11-34(12-10-33)16-21(36)29-3/h13-14H,6,8-12,15-16H2,1-4H3,(H,29,36)(H2,28,31,32). The molecule has 0 spiro atoms. The molecule has 4 rings (SSSR count). The zero-order valence-electron chi connectivity index (χ0n) is 21.8. The first-order valence-corrected chi connectivity index (χ1v) is 12.6. The number of hydrogen-bond donors (Lipinski definition) is 2. The van der Waals surface area contributed by atoms with Crippen molar-refractivity contribution in [3.63, 3.8) is 0 Å². The van der Waals surface area contributed by atoms with E-state index in [0.717, 1.165) is 60.9 Å². The predicted molar refractivity (Wildman–Crippen MR) is 145 cm³/mol. The largest absolute Gasteiger partial charge is 0.496 e. The van der Waals surface area contributed by atoms with Crippen molar-refractivity contribution in [2.45, 2.75) is 26.8 Å². The van der Waals surface area contributed by atoms with Gasteiger partial charge >= 0.3 is 0 Å². The van der Waals surface area contributed by atoms with Gasteiger partial charge in [-0.15, -0.1) is 0 Å². The van der Waals surface area contributed by atoms with Gasteiger partial charge < -0.3 is 20.4 Å². The van der Waals surface area contributed by atoms with Gasteiger partial charge in [0.05, 0.1) is 36.8 Å². The number of carbonyl (C=O) groups is 1. The molecule has 10 nitrogen and oxygen atoms in total. The number of piperazine rings is 1. The van der Waals surface area contributed by atoms with Crippen LogP contribution in [0.3, 0.4) is 0 Å². The molecule has 3 aromatic rings. The predicted octanol–water partition coefficient (Wildman–Crippen LogP) is 1.84. The van der Waals surface area contributed by atoms with Crippen molar-refractivity contribution in [2.24, 2.45) is 0 Å². The summed E-state index contributed by atoms with van der Waals surface area (Å²) in [6.07, 6.45) is 4.45. The molecule has 0 saturated carbocycles. The number of halogens is 1. The quantitative estimate of drug-likeness (QED) is 0.355. The third-order valence-corrected chi connectivity index (χ3v) is 6.92. The van der Waals surface area contributed by atoms with E-state index in [0.29, 0.717) is 30.5 Å². The lowest BCUT2D eigenvalue weighted by atomic mass is 10.1. The number of hydrogen-bond acceptors (Lipinski definition) is 8. The van der Waals surface area contributed by atoms with E-state index >= 15 is 0 Å². The number of anilines is 1. The number of aromatic nitrogens is 4. The Morgan fingerprint density at radius 1 is 1.22 bits per heavy atom. The Hall–Kier alpha value is -3.39. The number of rotatable bonds is 7. The zero-order valence-corrected chi connectivity index (χ0v) is 22.5. The highest BCUT2D eigenvalue weighted by Crippen LogP contribution is 2.29. The van der Waals surface area contributed by atoms with Crippen LogP contribution in [-0.4, -0.2) is 88.7 Å². The number of nitrogens with zero attached hydrogens (tertiary/aromatic N) is 6. The average Bonchev–Trinajstić information content (AvgIpc) is 3.22. The molecule has 1 fully saturated rings. The van der Waals surface area contributed by atoms with Crippen LogP contribution >= 0.6 is 11.6 Å². The minimum absolute atomic E-state index is 0.0512. The maximum atomic E-state index is 11.6. The zero-order chi connectivity index (χ0) is 26.5. The van der Waals surface area contributed by atoms with Crippen molar-refractivity contribution in [3.05, 3.63) is 39.9 Å². The number of nitrogen functional groups attached to an aromatic ring is 1. The molecule has 4 heterocycles. The summed E-state index contributed by atoms with van der Waals surface area (Å²) in [7, 11) is 3.33. The van der Waals surface area contributed by atoms with Crippen molar-refractivity contribution in [1.82, 2.24) is 34.6 Å². The topological polar surface area (TPSA) is 114 Å². The second-order valence-corrected chi connectivity index (χ2v) is 9.49. The highest BCUT2D eigenvalue weighted by atomic mass is 35.5. The molecule has 37 heavy (non-hydrogen) atoms. The summed E-state index contributed by atoms with van der Waals surface area (Å²) in [5, 5.41) is 3.64. The van der Waals surface area contributed by atoms with Crippen LogP contribution in [0.2, 0.25) is 5.15 Å². The van der Waals surface area contributed by atoms with Crippen molar-refractivity contribution < 1.29 is 9.53 Å². The summed E-state index contributed by atoms with van der Waals surface area (Å²) in [6.45, 7) is 9.34. The van der Waals surface area contributed by atoms with E-state index in [-0.39, 0.29) is 17.0 Å². The van der Waals surface area contributed by atoms with E-state index in [1.54, 1.807) is 14.2 Å². The van der Waals surface area contributed by atoms with E-state index in [2.05, 4.69) is 41.9 Å². The summed E-state index contributed by atoms with van der Waals surface area (Å²) in [5.74, 6) is 7.54. The summed E-state index contributed by atoms with van der Waals surface area (Å²) in [5.41, 5.74) is 10.1. The first kappa shape index (κ1) is 26.7. The maximum Gasteiger partial charge on any atom is 0.233 e. The summed E-state index contributed by atoms with van der Waals surface area (Å²) in [4.78, 5) is 29.3. The monoisotopic (exact) mass is 524 g/mol. The van der Waals surface area contributed by atoms with Crippen LogP contribution in [0.5, 0.6) is 5.75 Å². The van der Waals surface area contributed by atoms with Crippen molar-refractivity contribution in [3.8, 4) is 17.6 Å². The number of fused-ring (bicyclic) bond motifs is 1. The highest BCUT2D eigenvalue weighted by molar-refractivity contribution is 6.34. The van der Waals surface area contributed by atoms with Crippen LogP contribution in [0.15, 0.2) is 12.4 Å². The van der Waals surface area contributed by atoms with Crippen molar-refractivity contribution in [1.29, 1.82) is 0 Å². The Labute approximate surface area is 222 Å². The van der Waals surface area contributed by atoms with Crippen LogP contribution in [0.1, 0.15) is 28.8 Å². The number of nitrogens with one attached hydrogen (secondary N) is 1. The van der Waals surface area contributed by atoms with Crippen LogP contribution in [-0.2, 0) is 11.3 Å². The van der Waals surface area contributed by atoms with Gasteiger partial charge in [-0.3, -0.25) is 19.6 Å². The molecule has 1 aliphatic heterocycles. The van der Waals surface area contributed by atoms with E-state index in [9.17, 15) is 4.79 Å². The van der Waals surface area contributed by atoms with Gasteiger partial charge in [0.2, 0.25) is 11.9 Å². The van der Waals surface area contributed by atoms with Gasteiger partial charge in [0.1, 0.15) is 16.5 Å². The molecule has 3 aromatic heterocycles. The smallest absolute Gasteiger partial charge is 0.233 e. The number of pyridine rings is 1. The van der Waals surface area contributed by atoms with E-state index in [1.165, 1.54) is 0 Å². The summed E-state index contributed by atoms with van der Waals surface area (Å²) >= 11 is 6.49. The number of likely N-dealkylation sites (N-methyl/N-ethyl adjacent to an activating group) is 1. The third-order valence-electron chi connectivity index (χ3n) is 6.65. The number of aryl methyl sites for hydroxylation is 1. The maximum absolute atomic E-state index is 11.6. The van der Waals surface area contributed by atoms with E-state index in [4.69, 9.17) is 22.1 Å². The van der Waals surface area contributed by atoms with Gasteiger partial charge in [0, 0.05) is 69.7 Å². The summed E-state index contributed by atoms with van der Waals surface area (Å²) in [6, 6.07) is 0. The molecule has 0 bridgehead atoms. The SMILES string of the molecule is CNC(=O)CN1CCN(CCC#Cc2cn(Cc3ncc(C)c(OC)c3C)c3nc(N)nc(Cl)c23)CC1. The van der Waals surface area contributed by atoms with Crippen molar-refractivity contribution in [2.75, 3.05) is 59.2 Å². The van der Waals surface area contributed by atoms with E-state index < -0.39 is 0 Å². The molecule has 1 saturated heterocycles. The number of ether oxygens (including phenoxy) is 1. The van der Waals surface area contributed by atoms with Crippen LogP contribution in [0, 0.1) is 25.7 Å². The van der Waals surface area contributed by atoms with Crippen LogP contribution in [0.25, 0.3) is 11.0 Å². The molecule has 0 aromatic carbocycles. The molecular formula is C26H33ClN8O2. The lowest BCUT2D eigenvalue weighted by Gasteiger charge is -2.33. The molecule has 11 heteroatoms. The Balaban J connectivity index is 1.49. The number of amides is 1. The first-order valence-electron chi connectivity index (χ1n) is 12.3. The second kappa shape index (κ2) is 11.8. The fraction of sp³-hybridized carbons (Fsp3) is 0.462. The number of methoxy groups -OCH3 is 1. The van der Waals surface area contributed by atoms with Gasteiger partial charge in [-0.1, -0.05) is 23.4 Å². The lowest BCUT2D eigenvalue weighted by molar-refractivity contribution is -0.122.